The summed E-state index contributed by atoms with van der Waals surface area (Å²) in [6.07, 6.45) is -4.82. The number of fused-ring (bicyclic) bond motifs is 2. The van der Waals surface area contributed by atoms with Crippen LogP contribution in [-0.2, 0) is 5.60 Å². The minimum absolute atomic E-state index is 0.0755. The van der Waals surface area contributed by atoms with Gasteiger partial charge in [0.15, 0.2) is 0 Å². The topological polar surface area (TPSA) is 38.7 Å². The summed E-state index contributed by atoms with van der Waals surface area (Å²) in [6.45, 7) is 1.57. The Hall–Kier alpha value is -1.00. The van der Waals surface area contributed by atoms with Gasteiger partial charge in [0, 0.05) is 20.8 Å². The Labute approximate surface area is 151 Å². The summed E-state index contributed by atoms with van der Waals surface area (Å²) in [6, 6.07) is 7.71. The molecule has 23 heavy (non-hydrogen) atoms. The van der Waals surface area contributed by atoms with Gasteiger partial charge < -0.3 is 14.6 Å². The first-order valence-electron chi connectivity index (χ1n) is 6.38. The monoisotopic (exact) mass is 500 g/mol. The summed E-state index contributed by atoms with van der Waals surface area (Å²) in [5.74, 6) is 0.0790. The zero-order valence-electron chi connectivity index (χ0n) is 11.5. The quantitative estimate of drug-likeness (QED) is 0.539. The smallest absolute Gasteiger partial charge is 0.456 e. The predicted octanol–water partition coefficient (Wildman–Crippen LogP) is 5.31. The van der Waals surface area contributed by atoms with Gasteiger partial charge in [-0.3, -0.25) is 0 Å². The van der Waals surface area contributed by atoms with Crippen molar-refractivity contribution in [3.05, 3.63) is 49.5 Å². The zero-order chi connectivity index (χ0) is 17.0. The SMILES string of the molecule is C[C@]1(O)c2cc(I)ccc2Oc2cc(OC(F)(F)F)c(Br)cc21. The average Bonchev–Trinajstić information content (AvgIpc) is 2.41. The van der Waals surface area contributed by atoms with Crippen LogP contribution in [0.3, 0.4) is 0 Å². The first kappa shape index (κ1) is 16.8. The minimum Gasteiger partial charge on any atom is -0.456 e. The van der Waals surface area contributed by atoms with E-state index < -0.39 is 17.7 Å². The second kappa shape index (κ2) is 5.52. The highest BCUT2D eigenvalue weighted by Crippen LogP contribution is 2.50. The van der Waals surface area contributed by atoms with Gasteiger partial charge in [0.2, 0.25) is 0 Å². The Morgan fingerprint density at radius 2 is 1.83 bits per heavy atom. The third-order valence-electron chi connectivity index (χ3n) is 3.47. The van der Waals surface area contributed by atoms with E-state index in [-0.39, 0.29) is 10.2 Å². The molecule has 3 nitrogen and oxygen atoms in total. The maximum Gasteiger partial charge on any atom is 0.573 e. The molecule has 0 fully saturated rings. The number of benzene rings is 2. The molecule has 0 unspecified atom stereocenters. The van der Waals surface area contributed by atoms with Crippen LogP contribution in [0.2, 0.25) is 0 Å². The number of rotatable bonds is 1. The van der Waals surface area contributed by atoms with Gasteiger partial charge in [-0.05, 0) is 69.7 Å². The Kier molecular flexibility index (Phi) is 4.04. The second-order valence-corrected chi connectivity index (χ2v) is 7.24. The normalized spacial score (nSPS) is 19.6. The first-order chi connectivity index (χ1) is 10.6. The Morgan fingerprint density at radius 3 is 2.48 bits per heavy atom. The van der Waals surface area contributed by atoms with E-state index in [4.69, 9.17) is 4.74 Å². The third-order valence-corrected chi connectivity index (χ3v) is 4.76. The molecule has 1 atom stereocenters. The number of hydrogen-bond acceptors (Lipinski definition) is 3. The molecule has 1 heterocycles. The van der Waals surface area contributed by atoms with E-state index in [1.54, 1.807) is 25.1 Å². The molecule has 1 aliphatic rings. The molecule has 0 amide bonds. The van der Waals surface area contributed by atoms with Crippen LogP contribution in [-0.4, -0.2) is 11.5 Å². The van der Waals surface area contributed by atoms with Crippen molar-refractivity contribution >= 4 is 38.5 Å². The molecule has 0 aromatic heterocycles. The fraction of sp³-hybridized carbons (Fsp3) is 0.200. The Bertz CT molecular complexity index is 790. The number of halogens is 5. The van der Waals surface area contributed by atoms with E-state index in [9.17, 15) is 18.3 Å². The summed E-state index contributed by atoms with van der Waals surface area (Å²) in [7, 11) is 0. The molecule has 1 aliphatic heterocycles. The van der Waals surface area contributed by atoms with E-state index in [1.165, 1.54) is 6.07 Å². The van der Waals surface area contributed by atoms with Crippen molar-refractivity contribution < 1.29 is 27.8 Å². The lowest BCUT2D eigenvalue weighted by Crippen LogP contribution is -2.28. The van der Waals surface area contributed by atoms with Crippen LogP contribution in [0.4, 0.5) is 13.2 Å². The number of alkyl halides is 3. The number of aliphatic hydroxyl groups is 1. The lowest BCUT2D eigenvalue weighted by molar-refractivity contribution is -0.274. The molecule has 0 saturated carbocycles. The summed E-state index contributed by atoms with van der Waals surface area (Å²) in [5, 5.41) is 10.9. The summed E-state index contributed by atoms with van der Waals surface area (Å²) in [5.41, 5.74) is -0.495. The Balaban J connectivity index is 2.13. The molecule has 8 heteroatoms. The lowest BCUT2D eigenvalue weighted by Gasteiger charge is -2.33. The first-order valence-corrected chi connectivity index (χ1v) is 8.25. The van der Waals surface area contributed by atoms with Crippen molar-refractivity contribution in [3.8, 4) is 17.2 Å². The van der Waals surface area contributed by atoms with E-state index in [0.29, 0.717) is 16.9 Å². The van der Waals surface area contributed by atoms with Gasteiger partial charge in [-0.2, -0.15) is 0 Å². The van der Waals surface area contributed by atoms with Gasteiger partial charge in [-0.1, -0.05) is 0 Å². The second-order valence-electron chi connectivity index (χ2n) is 5.14. The summed E-state index contributed by atoms with van der Waals surface area (Å²) in [4.78, 5) is 0. The van der Waals surface area contributed by atoms with Crippen LogP contribution < -0.4 is 9.47 Å². The largest absolute Gasteiger partial charge is 0.573 e. The molecule has 122 valence electrons. The third kappa shape index (κ3) is 3.16. The van der Waals surface area contributed by atoms with E-state index >= 15 is 0 Å². The van der Waals surface area contributed by atoms with Crippen molar-refractivity contribution in [2.75, 3.05) is 0 Å². The van der Waals surface area contributed by atoms with Crippen molar-refractivity contribution in [1.82, 2.24) is 0 Å². The molecule has 3 rings (SSSR count). The van der Waals surface area contributed by atoms with Crippen LogP contribution in [0.25, 0.3) is 0 Å². The molecule has 2 aromatic carbocycles. The lowest BCUT2D eigenvalue weighted by atomic mass is 9.85. The van der Waals surface area contributed by atoms with E-state index in [1.807, 2.05) is 0 Å². The molecular weight excluding hydrogens is 492 g/mol. The van der Waals surface area contributed by atoms with Gasteiger partial charge in [-0.15, -0.1) is 13.2 Å². The highest BCUT2D eigenvalue weighted by Gasteiger charge is 2.39. The molecular formula is C15H9BrF3IO3. The highest BCUT2D eigenvalue weighted by atomic mass is 127. The van der Waals surface area contributed by atoms with Crippen LogP contribution in [0.1, 0.15) is 18.1 Å². The van der Waals surface area contributed by atoms with Crippen LogP contribution >= 0.6 is 38.5 Å². The molecule has 0 aliphatic carbocycles. The number of hydrogen-bond donors (Lipinski definition) is 1. The molecule has 0 saturated heterocycles. The fourth-order valence-electron chi connectivity index (χ4n) is 2.44. The maximum absolute atomic E-state index is 12.5. The molecule has 0 spiro atoms. The average molecular weight is 501 g/mol. The van der Waals surface area contributed by atoms with Gasteiger partial charge >= 0.3 is 6.36 Å². The predicted molar refractivity (Wildman–Crippen MR) is 88.7 cm³/mol. The van der Waals surface area contributed by atoms with Crippen molar-refractivity contribution in [2.24, 2.45) is 0 Å². The van der Waals surface area contributed by atoms with Crippen LogP contribution in [0, 0.1) is 3.57 Å². The van der Waals surface area contributed by atoms with Gasteiger partial charge in [0.05, 0.1) is 4.47 Å². The zero-order valence-corrected chi connectivity index (χ0v) is 15.3. The minimum atomic E-state index is -4.82. The maximum atomic E-state index is 12.5. The molecule has 1 N–H and O–H groups in total. The fourth-order valence-corrected chi connectivity index (χ4v) is 3.35. The molecule has 2 aromatic rings. The van der Waals surface area contributed by atoms with Gasteiger partial charge in [-0.25, -0.2) is 0 Å². The standard InChI is InChI=1S/C15H9BrF3IO3/c1-14(21)8-4-7(20)2-3-11(8)22-12-6-13(23-15(17,18)19)10(16)5-9(12)14/h2-6,21H,1H3/t14-/m0/s1. The molecule has 0 radical (unpaired) electrons. The van der Waals surface area contributed by atoms with Gasteiger partial charge in [0.1, 0.15) is 22.8 Å². The van der Waals surface area contributed by atoms with Gasteiger partial charge in [0.25, 0.3) is 0 Å². The van der Waals surface area contributed by atoms with Crippen LogP contribution in [0.15, 0.2) is 34.8 Å². The number of ether oxygens (including phenoxy) is 2. The van der Waals surface area contributed by atoms with E-state index in [2.05, 4.69) is 43.3 Å². The Morgan fingerprint density at radius 1 is 1.17 bits per heavy atom. The molecule has 0 bridgehead atoms. The highest BCUT2D eigenvalue weighted by molar-refractivity contribution is 14.1. The van der Waals surface area contributed by atoms with Crippen molar-refractivity contribution in [3.63, 3.8) is 0 Å². The summed E-state index contributed by atoms with van der Waals surface area (Å²) >= 11 is 5.15. The van der Waals surface area contributed by atoms with Crippen molar-refractivity contribution in [1.29, 1.82) is 0 Å². The van der Waals surface area contributed by atoms with Crippen LogP contribution in [0.5, 0.6) is 17.2 Å². The summed E-state index contributed by atoms with van der Waals surface area (Å²) < 4.78 is 48.0. The van der Waals surface area contributed by atoms with Crippen molar-refractivity contribution in [2.45, 2.75) is 18.9 Å². The van der Waals surface area contributed by atoms with E-state index in [0.717, 1.165) is 9.64 Å².